The van der Waals surface area contributed by atoms with Crippen LogP contribution in [0, 0.1) is 17.7 Å². The Labute approximate surface area is 188 Å². The smallest absolute Gasteiger partial charge is 0.132 e. The lowest BCUT2D eigenvalue weighted by Gasteiger charge is -2.28. The van der Waals surface area contributed by atoms with Crippen LogP contribution >= 0.6 is 0 Å². The minimum atomic E-state index is -0.121. The zero-order valence-electron chi connectivity index (χ0n) is 19.6. The van der Waals surface area contributed by atoms with Gasteiger partial charge in [0, 0.05) is 11.8 Å². The van der Waals surface area contributed by atoms with Gasteiger partial charge in [0.25, 0.3) is 0 Å². The molecule has 0 atom stereocenters. The van der Waals surface area contributed by atoms with E-state index in [0.29, 0.717) is 17.4 Å². The molecule has 2 aliphatic carbocycles. The zero-order valence-corrected chi connectivity index (χ0v) is 19.6. The maximum atomic E-state index is 15.0. The molecule has 31 heavy (non-hydrogen) atoms. The van der Waals surface area contributed by atoms with Gasteiger partial charge >= 0.3 is 0 Å². The van der Waals surface area contributed by atoms with Crippen molar-refractivity contribution in [3.8, 4) is 11.3 Å². The molecule has 2 aromatic rings. The van der Waals surface area contributed by atoms with E-state index in [1.165, 1.54) is 88.2 Å². The summed E-state index contributed by atoms with van der Waals surface area (Å²) in [5, 5.41) is 0. The molecule has 0 N–H and O–H groups in total. The van der Waals surface area contributed by atoms with E-state index >= 15 is 0 Å². The molecule has 0 aliphatic heterocycles. The van der Waals surface area contributed by atoms with Crippen LogP contribution < -0.4 is 0 Å². The molecular formula is C29H40FN. The van der Waals surface area contributed by atoms with Crippen molar-refractivity contribution in [1.29, 1.82) is 0 Å². The third-order valence-corrected chi connectivity index (χ3v) is 8.08. The van der Waals surface area contributed by atoms with E-state index < -0.39 is 0 Å². The van der Waals surface area contributed by atoms with Crippen molar-refractivity contribution in [2.24, 2.45) is 11.8 Å². The number of unbranched alkanes of at least 4 members (excludes halogenated alkanes) is 2. The van der Waals surface area contributed by atoms with Crippen LogP contribution in [-0.2, 0) is 0 Å². The van der Waals surface area contributed by atoms with Crippen molar-refractivity contribution in [3.05, 3.63) is 53.5 Å². The molecular weight excluding hydrogens is 381 g/mol. The predicted octanol–water partition coefficient (Wildman–Crippen LogP) is 9.04. The second-order valence-electron chi connectivity index (χ2n) is 10.4. The highest BCUT2D eigenvalue weighted by molar-refractivity contribution is 5.60. The molecule has 0 saturated heterocycles. The normalized spacial score (nSPS) is 26.7. The molecule has 4 rings (SSSR count). The van der Waals surface area contributed by atoms with Gasteiger partial charge in [-0.15, -0.1) is 0 Å². The Hall–Kier alpha value is -1.70. The summed E-state index contributed by atoms with van der Waals surface area (Å²) >= 11 is 0. The Morgan fingerprint density at radius 1 is 0.839 bits per heavy atom. The van der Waals surface area contributed by atoms with E-state index in [9.17, 15) is 4.39 Å². The van der Waals surface area contributed by atoms with Crippen LogP contribution in [0.5, 0.6) is 0 Å². The van der Waals surface area contributed by atoms with Crippen molar-refractivity contribution in [1.82, 2.24) is 4.98 Å². The van der Waals surface area contributed by atoms with Crippen molar-refractivity contribution in [2.45, 2.75) is 103 Å². The van der Waals surface area contributed by atoms with Gasteiger partial charge < -0.3 is 0 Å². The lowest BCUT2D eigenvalue weighted by molar-refractivity contribution is 0.302. The average molecular weight is 422 g/mol. The van der Waals surface area contributed by atoms with E-state index in [2.05, 4.69) is 31.0 Å². The van der Waals surface area contributed by atoms with Crippen LogP contribution in [0.2, 0.25) is 0 Å². The number of hydrogen-bond donors (Lipinski definition) is 0. The Kier molecular flexibility index (Phi) is 7.80. The first kappa shape index (κ1) is 22.5. The van der Waals surface area contributed by atoms with Crippen LogP contribution in [0.25, 0.3) is 11.3 Å². The zero-order chi connectivity index (χ0) is 21.6. The topological polar surface area (TPSA) is 12.9 Å². The molecule has 1 aromatic carbocycles. The lowest BCUT2D eigenvalue weighted by atomic mass is 9.77. The van der Waals surface area contributed by atoms with Gasteiger partial charge in [0.2, 0.25) is 0 Å². The van der Waals surface area contributed by atoms with Gasteiger partial charge in [-0.25, -0.2) is 4.39 Å². The molecule has 1 nitrogen and oxygen atoms in total. The highest BCUT2D eigenvalue weighted by Crippen LogP contribution is 2.39. The third kappa shape index (κ3) is 5.76. The van der Waals surface area contributed by atoms with E-state index in [-0.39, 0.29) is 5.82 Å². The first-order chi connectivity index (χ1) is 15.1. The molecule has 0 radical (unpaired) electrons. The summed E-state index contributed by atoms with van der Waals surface area (Å²) in [6.07, 6.45) is 17.7. The maximum Gasteiger partial charge on any atom is 0.132 e. The largest absolute Gasteiger partial charge is 0.256 e. The molecule has 2 heteroatoms. The van der Waals surface area contributed by atoms with Gasteiger partial charge in [0.05, 0.1) is 5.69 Å². The number of aromatic nitrogens is 1. The third-order valence-electron chi connectivity index (χ3n) is 8.08. The Bertz CT molecular complexity index is 811. The van der Waals surface area contributed by atoms with E-state index in [1.807, 2.05) is 18.3 Å². The highest BCUT2D eigenvalue weighted by atomic mass is 19.1. The summed E-state index contributed by atoms with van der Waals surface area (Å²) in [7, 11) is 0. The van der Waals surface area contributed by atoms with Gasteiger partial charge in [0.1, 0.15) is 5.82 Å². The Balaban J connectivity index is 1.36. The molecule has 168 valence electrons. The first-order valence-corrected chi connectivity index (χ1v) is 12.9. The van der Waals surface area contributed by atoms with Crippen LogP contribution in [0.3, 0.4) is 0 Å². The molecule has 2 saturated carbocycles. The van der Waals surface area contributed by atoms with E-state index in [0.717, 1.165) is 17.5 Å². The van der Waals surface area contributed by atoms with Crippen LogP contribution in [0.15, 0.2) is 36.5 Å². The molecule has 1 heterocycles. The molecule has 1 aromatic heterocycles. The van der Waals surface area contributed by atoms with Gasteiger partial charge in [-0.2, -0.15) is 0 Å². The van der Waals surface area contributed by atoms with Gasteiger partial charge in [-0.1, -0.05) is 64.5 Å². The summed E-state index contributed by atoms with van der Waals surface area (Å²) in [6.45, 7) is 4.61. The Morgan fingerprint density at radius 2 is 1.52 bits per heavy atom. The number of halogens is 1. The van der Waals surface area contributed by atoms with Gasteiger partial charge in [0.15, 0.2) is 0 Å². The van der Waals surface area contributed by atoms with Crippen LogP contribution in [0.4, 0.5) is 4.39 Å². The maximum absolute atomic E-state index is 15.0. The van der Waals surface area contributed by atoms with Crippen molar-refractivity contribution < 1.29 is 4.39 Å². The van der Waals surface area contributed by atoms with Gasteiger partial charge in [-0.3, -0.25) is 4.98 Å². The number of hydrogen-bond acceptors (Lipinski definition) is 1. The second kappa shape index (κ2) is 10.7. The Morgan fingerprint density at radius 3 is 2.16 bits per heavy atom. The standard InChI is InChI=1S/C29H40FN/c1-3-4-5-6-22-9-13-24(14-10-22)26-16-18-29(31-20-26)27-17-15-25(19-28(27)30)23-11-7-21(2)8-12-23/h15-24H,3-14H2,1-2H3. The summed E-state index contributed by atoms with van der Waals surface area (Å²) in [5.74, 6) is 2.77. The highest BCUT2D eigenvalue weighted by Gasteiger charge is 2.23. The second-order valence-corrected chi connectivity index (χ2v) is 10.4. The minimum Gasteiger partial charge on any atom is -0.256 e. The minimum absolute atomic E-state index is 0.121. The van der Waals surface area contributed by atoms with Crippen LogP contribution in [0.1, 0.15) is 114 Å². The summed E-state index contributed by atoms with van der Waals surface area (Å²) < 4.78 is 15.0. The fourth-order valence-electron chi connectivity index (χ4n) is 5.86. The number of rotatable bonds is 7. The monoisotopic (exact) mass is 421 g/mol. The van der Waals surface area contributed by atoms with Crippen molar-refractivity contribution >= 4 is 0 Å². The first-order valence-electron chi connectivity index (χ1n) is 12.9. The lowest BCUT2D eigenvalue weighted by Crippen LogP contribution is -2.13. The molecule has 2 aliphatic rings. The molecule has 0 amide bonds. The van der Waals surface area contributed by atoms with Gasteiger partial charge in [-0.05, 0) is 91.5 Å². The number of benzene rings is 1. The molecule has 0 bridgehead atoms. The fourth-order valence-corrected chi connectivity index (χ4v) is 5.86. The molecule has 2 fully saturated rings. The summed E-state index contributed by atoms with van der Waals surface area (Å²) in [5.41, 5.74) is 3.90. The predicted molar refractivity (Wildman–Crippen MR) is 129 cm³/mol. The van der Waals surface area contributed by atoms with E-state index in [4.69, 9.17) is 0 Å². The van der Waals surface area contributed by atoms with E-state index in [1.54, 1.807) is 6.07 Å². The van der Waals surface area contributed by atoms with Crippen LogP contribution in [-0.4, -0.2) is 4.98 Å². The molecule has 0 spiro atoms. The fraction of sp³-hybridized carbons (Fsp3) is 0.621. The number of nitrogens with zero attached hydrogens (tertiary/aromatic N) is 1. The molecule has 0 unspecified atom stereocenters. The number of pyridine rings is 1. The summed E-state index contributed by atoms with van der Waals surface area (Å²) in [4.78, 5) is 4.68. The quantitative estimate of drug-likeness (QED) is 0.406. The average Bonchev–Trinajstić information content (AvgIpc) is 2.80. The van der Waals surface area contributed by atoms with Crippen molar-refractivity contribution in [2.75, 3.05) is 0 Å². The van der Waals surface area contributed by atoms with Crippen molar-refractivity contribution in [3.63, 3.8) is 0 Å². The summed E-state index contributed by atoms with van der Waals surface area (Å²) in [6, 6.07) is 10.1. The SMILES string of the molecule is CCCCCC1CCC(c2ccc(-c3ccc(C4CCC(C)CC4)cc3F)nc2)CC1.